The number of benzene rings is 3. The summed E-state index contributed by atoms with van der Waals surface area (Å²) in [6.45, 7) is 1.43. The van der Waals surface area contributed by atoms with E-state index in [4.69, 9.17) is 22.5 Å². The second kappa shape index (κ2) is 17.4. The Balaban J connectivity index is 0. The van der Waals surface area contributed by atoms with E-state index < -0.39 is 15.7 Å². The molecule has 0 saturated heterocycles. The standard InChI is InChI=1S/C18H15P.C6H15N3.C2H3N.ClH.F6P.Ru/c1-4-10-16(11-5-1)19(17-12-6-2-7-13-17)18-14-8-3-9-15-18;7-4-1-5(8)3-6(9)2-4;1-2-3;;1-7(2,3,4,5)6;/h1-15H;4-6H,1-3,7-9H2;1H3;1H;;/q;;;;-1;+2/p-1. The van der Waals surface area contributed by atoms with Gasteiger partial charge >= 0.3 is 52.5 Å². The van der Waals surface area contributed by atoms with E-state index in [-0.39, 0.29) is 50.0 Å². The van der Waals surface area contributed by atoms with Crippen LogP contribution in [0.25, 0.3) is 0 Å². The summed E-state index contributed by atoms with van der Waals surface area (Å²) in [4.78, 5) is 0. The predicted octanol–water partition coefficient (Wildman–Crippen LogP) is 3.51. The Bertz CT molecular complexity index is 997. The van der Waals surface area contributed by atoms with Gasteiger partial charge in [-0.05, 0) is 43.1 Å². The first-order chi connectivity index (χ1) is 17.5. The molecular formula is C26H33ClF6N4P2Ru. The molecule has 6 N–H and O–H groups in total. The normalized spacial score (nSPS) is 19.4. The van der Waals surface area contributed by atoms with E-state index >= 15 is 0 Å². The van der Waals surface area contributed by atoms with Gasteiger partial charge in [0.1, 0.15) is 0 Å². The number of nitrogens with zero attached hydrogens (tertiary/aromatic N) is 1. The van der Waals surface area contributed by atoms with Gasteiger partial charge in [0.05, 0.1) is 6.07 Å². The molecular weight excluding hydrogens is 681 g/mol. The summed E-state index contributed by atoms with van der Waals surface area (Å²) in [6.07, 6.45) is 2.81. The topological polar surface area (TPSA) is 102 Å². The van der Waals surface area contributed by atoms with Gasteiger partial charge in [-0.25, -0.2) is 0 Å². The molecule has 1 saturated carbocycles. The number of halogens is 7. The number of hydrogen-bond donors (Lipinski definition) is 3. The van der Waals surface area contributed by atoms with Crippen LogP contribution in [0.5, 0.6) is 0 Å². The van der Waals surface area contributed by atoms with Gasteiger partial charge in [0.15, 0.2) is 0 Å². The first kappa shape index (κ1) is 40.5. The van der Waals surface area contributed by atoms with Gasteiger partial charge in [0.25, 0.3) is 0 Å². The predicted molar refractivity (Wildman–Crippen MR) is 148 cm³/mol. The molecule has 14 heteroatoms. The molecule has 0 spiro atoms. The van der Waals surface area contributed by atoms with E-state index in [0.717, 1.165) is 19.3 Å². The summed E-state index contributed by atoms with van der Waals surface area (Å²) in [5.41, 5.74) is 17.0. The van der Waals surface area contributed by atoms with Crippen molar-refractivity contribution in [2.45, 2.75) is 44.3 Å². The van der Waals surface area contributed by atoms with Crippen molar-refractivity contribution in [2.24, 2.45) is 17.2 Å². The molecule has 0 atom stereocenters. The minimum atomic E-state index is -10.7. The molecule has 0 aliphatic heterocycles. The molecule has 0 bridgehead atoms. The molecule has 1 aliphatic carbocycles. The zero-order valence-corrected chi connectivity index (χ0v) is 25.9. The smallest absolute Gasteiger partial charge is 1.00 e. The first-order valence-electron chi connectivity index (χ1n) is 11.6. The summed E-state index contributed by atoms with van der Waals surface area (Å²) in [7, 11) is -11.1. The summed E-state index contributed by atoms with van der Waals surface area (Å²) < 4.78 is 59.2. The number of nitrogens with two attached hydrogens (primary N) is 3. The summed E-state index contributed by atoms with van der Waals surface area (Å²) in [5, 5.41) is 11.5. The van der Waals surface area contributed by atoms with Gasteiger partial charge in [-0.15, -0.1) is 0 Å². The maximum atomic E-state index is 9.87. The van der Waals surface area contributed by atoms with Crippen LogP contribution in [0.2, 0.25) is 0 Å². The van der Waals surface area contributed by atoms with Crippen LogP contribution in [0.1, 0.15) is 26.2 Å². The molecule has 3 aromatic rings. The zero-order chi connectivity index (χ0) is 28.9. The maximum absolute atomic E-state index is 10.7. The van der Waals surface area contributed by atoms with Crippen molar-refractivity contribution >= 4 is 31.6 Å². The Labute approximate surface area is 251 Å². The molecule has 3 aromatic carbocycles. The molecule has 0 unspecified atom stereocenters. The van der Waals surface area contributed by atoms with Gasteiger partial charge in [-0.3, -0.25) is 0 Å². The van der Waals surface area contributed by atoms with Crippen LogP contribution in [0, 0.1) is 11.3 Å². The fourth-order valence-corrected chi connectivity index (χ4v) is 5.94. The van der Waals surface area contributed by atoms with Crippen LogP contribution >= 0.6 is 15.7 Å². The zero-order valence-electron chi connectivity index (χ0n) is 21.6. The minimum Gasteiger partial charge on any atom is -1.00 e. The van der Waals surface area contributed by atoms with Gasteiger partial charge < -0.3 is 29.6 Å². The van der Waals surface area contributed by atoms with Crippen molar-refractivity contribution in [1.82, 2.24) is 0 Å². The Kier molecular flexibility index (Phi) is 17.6. The average Bonchev–Trinajstić information content (AvgIpc) is 2.79. The van der Waals surface area contributed by atoms with Crippen LogP contribution in [0.15, 0.2) is 91.0 Å². The molecule has 4 rings (SSSR count). The quantitative estimate of drug-likeness (QED) is 0.220. The van der Waals surface area contributed by atoms with Crippen molar-refractivity contribution in [3.8, 4) is 6.07 Å². The number of hydrogen-bond acceptors (Lipinski definition) is 4. The van der Waals surface area contributed by atoms with Crippen LogP contribution in [0.3, 0.4) is 0 Å². The van der Waals surface area contributed by atoms with Crippen molar-refractivity contribution in [2.75, 3.05) is 0 Å². The summed E-state index contributed by atoms with van der Waals surface area (Å²) >= 11 is 0. The van der Waals surface area contributed by atoms with E-state index in [1.807, 2.05) is 0 Å². The van der Waals surface area contributed by atoms with Crippen LogP contribution in [-0.2, 0) is 19.5 Å². The Morgan fingerprint density at radius 1 is 0.625 bits per heavy atom. The van der Waals surface area contributed by atoms with Crippen molar-refractivity contribution in [3.05, 3.63) is 91.0 Å². The van der Waals surface area contributed by atoms with Crippen molar-refractivity contribution in [1.29, 1.82) is 5.26 Å². The number of rotatable bonds is 3. The molecule has 224 valence electrons. The van der Waals surface area contributed by atoms with E-state index in [1.54, 1.807) is 6.07 Å². The Morgan fingerprint density at radius 2 is 0.800 bits per heavy atom. The van der Waals surface area contributed by atoms with Crippen LogP contribution in [-0.4, -0.2) is 18.1 Å². The fourth-order valence-electron chi connectivity index (χ4n) is 3.63. The molecule has 4 nitrogen and oxygen atoms in total. The van der Waals surface area contributed by atoms with E-state index in [1.165, 1.54) is 22.8 Å². The fraction of sp³-hybridized carbons (Fsp3) is 0.269. The second-order valence-corrected chi connectivity index (χ2v) is 12.6. The third kappa shape index (κ3) is 21.2. The second-order valence-electron chi connectivity index (χ2n) is 8.51. The third-order valence-corrected chi connectivity index (χ3v) is 7.30. The minimum absolute atomic E-state index is 0. The molecule has 40 heavy (non-hydrogen) atoms. The molecule has 0 aromatic heterocycles. The molecule has 0 radical (unpaired) electrons. The summed E-state index contributed by atoms with van der Waals surface area (Å²) in [5.74, 6) is 0. The molecule has 0 amide bonds. The van der Waals surface area contributed by atoms with Crippen LogP contribution < -0.4 is 45.5 Å². The largest absolute Gasteiger partial charge is 2.00 e. The summed E-state index contributed by atoms with van der Waals surface area (Å²) in [6, 6.07) is 34.8. The average molecular weight is 714 g/mol. The van der Waals surface area contributed by atoms with E-state index in [0.29, 0.717) is 0 Å². The maximum Gasteiger partial charge on any atom is 2.00 e. The SMILES string of the molecule is CC#N.F[P-](F)(F)(F)(F)F.NC1CC(N)CC(N)C1.[Cl-].[Ru+2].c1ccc(P(c2ccccc2)c2ccccc2)cc1. The third-order valence-electron chi connectivity index (χ3n) is 4.86. The van der Waals surface area contributed by atoms with Gasteiger partial charge in [0.2, 0.25) is 0 Å². The molecule has 1 fully saturated rings. The Morgan fingerprint density at radius 3 is 0.975 bits per heavy atom. The first-order valence-corrected chi connectivity index (χ1v) is 15.0. The van der Waals surface area contributed by atoms with Gasteiger partial charge in [-0.2, -0.15) is 5.26 Å². The number of nitriles is 1. The molecule has 0 heterocycles. The van der Waals surface area contributed by atoms with Crippen molar-refractivity contribution in [3.63, 3.8) is 0 Å². The monoisotopic (exact) mass is 714 g/mol. The van der Waals surface area contributed by atoms with E-state index in [2.05, 4.69) is 91.0 Å². The van der Waals surface area contributed by atoms with Gasteiger partial charge in [0, 0.05) is 25.0 Å². The van der Waals surface area contributed by atoms with Crippen molar-refractivity contribution < 1.29 is 57.1 Å². The molecule has 1 aliphatic rings. The van der Waals surface area contributed by atoms with Gasteiger partial charge in [-0.1, -0.05) is 91.0 Å². The van der Waals surface area contributed by atoms with E-state index in [9.17, 15) is 25.2 Å². The van der Waals surface area contributed by atoms with Crippen LogP contribution in [0.4, 0.5) is 25.2 Å². The Hall–Kier alpha value is -1.62.